The first-order valence-electron chi connectivity index (χ1n) is 15.7. The number of rotatable bonds is 12. The summed E-state index contributed by atoms with van der Waals surface area (Å²) in [6.45, 7) is 1.88. The van der Waals surface area contributed by atoms with Gasteiger partial charge in [0, 0.05) is 34.1 Å². The first-order valence-corrected chi connectivity index (χ1v) is 17.2. The summed E-state index contributed by atoms with van der Waals surface area (Å²) < 4.78 is 42.4. The summed E-state index contributed by atoms with van der Waals surface area (Å²) in [5.41, 5.74) is 5.67. The van der Waals surface area contributed by atoms with Crippen molar-refractivity contribution in [1.29, 1.82) is 0 Å². The molecule has 1 aliphatic rings. The number of carbonyl (C=O) groups is 2. The molecular weight excluding hydrogens is 672 g/mol. The number of benzene rings is 4. The molecule has 0 spiro atoms. The highest BCUT2D eigenvalue weighted by Gasteiger charge is 2.26. The number of methoxy groups -OCH3 is 2. The predicted octanol–water partition coefficient (Wildman–Crippen LogP) is 8.35. The van der Waals surface area contributed by atoms with E-state index in [1.165, 1.54) is 56.7 Å². The van der Waals surface area contributed by atoms with E-state index in [0.29, 0.717) is 32.9 Å². The van der Waals surface area contributed by atoms with Gasteiger partial charge in [-0.2, -0.15) is 0 Å². The first-order chi connectivity index (χ1) is 24.4. The van der Waals surface area contributed by atoms with Crippen LogP contribution in [0.1, 0.15) is 41.2 Å². The van der Waals surface area contributed by atoms with Gasteiger partial charge in [0.05, 0.1) is 20.6 Å². The molecule has 0 radical (unpaired) electrons. The Morgan fingerprint density at radius 1 is 0.824 bits per heavy atom. The number of aliphatic hydroxyl groups is 1. The van der Waals surface area contributed by atoms with Crippen LogP contribution in [0.5, 0.6) is 23.0 Å². The molecule has 4 aromatic rings. The molecule has 8 nitrogen and oxygen atoms in total. The second-order valence-electron chi connectivity index (χ2n) is 11.5. The van der Waals surface area contributed by atoms with Gasteiger partial charge >= 0.3 is 5.97 Å². The molecule has 0 bridgehead atoms. The van der Waals surface area contributed by atoms with Gasteiger partial charge in [-0.1, -0.05) is 36.4 Å². The number of allylic oxidation sites excluding steroid dienone is 5. The number of hydrogen-bond acceptors (Lipinski definition) is 8. The van der Waals surface area contributed by atoms with Crippen LogP contribution in [0.15, 0.2) is 113 Å². The SMILES string of the molecule is COc1cc(/C=C/C(O)=CC(=O)/C=C/c2ccc(O)c(OC)c2)cc(OC(=O)CC2=C(C)/C(=C/c3ccc(S(C)=O)cc3)c3ccc(F)cc32)c1. The lowest BCUT2D eigenvalue weighted by atomic mass is 10.0. The zero-order valence-corrected chi connectivity index (χ0v) is 29.1. The highest BCUT2D eigenvalue weighted by molar-refractivity contribution is 7.84. The smallest absolute Gasteiger partial charge is 0.315 e. The Hall–Kier alpha value is -6.00. The number of halogens is 1. The van der Waals surface area contributed by atoms with Gasteiger partial charge in [0.15, 0.2) is 17.3 Å². The summed E-state index contributed by atoms with van der Waals surface area (Å²) in [5.74, 6) is -0.994. The number of carbonyl (C=O) groups excluding carboxylic acids is 2. The average Bonchev–Trinajstić information content (AvgIpc) is 3.35. The fraction of sp³-hybridized carbons (Fsp3) is 0.122. The quantitative estimate of drug-likeness (QED) is 0.0496. The van der Waals surface area contributed by atoms with E-state index >= 15 is 0 Å². The number of fused-ring (bicyclic) bond motifs is 1. The molecule has 1 aliphatic carbocycles. The van der Waals surface area contributed by atoms with Crippen molar-refractivity contribution in [2.75, 3.05) is 20.5 Å². The summed E-state index contributed by atoms with van der Waals surface area (Å²) in [6.07, 6.45) is 10.1. The van der Waals surface area contributed by atoms with Gasteiger partial charge in [0.1, 0.15) is 23.1 Å². The molecular formula is C41H35FO8S. The maximum absolute atomic E-state index is 14.4. The van der Waals surface area contributed by atoms with E-state index < -0.39 is 28.4 Å². The molecule has 260 valence electrons. The summed E-state index contributed by atoms with van der Waals surface area (Å²) in [5, 5.41) is 20.1. The number of aromatic hydroxyl groups is 1. The number of aliphatic hydroxyl groups excluding tert-OH is 1. The molecule has 2 N–H and O–H groups in total. The van der Waals surface area contributed by atoms with E-state index in [0.717, 1.165) is 28.3 Å². The monoisotopic (exact) mass is 706 g/mol. The lowest BCUT2D eigenvalue weighted by molar-refractivity contribution is -0.133. The van der Waals surface area contributed by atoms with Crippen molar-refractivity contribution in [2.24, 2.45) is 0 Å². The Balaban J connectivity index is 1.31. The molecule has 0 heterocycles. The van der Waals surface area contributed by atoms with Crippen LogP contribution >= 0.6 is 0 Å². The van der Waals surface area contributed by atoms with E-state index in [-0.39, 0.29) is 29.4 Å². The second kappa shape index (κ2) is 16.1. The number of ketones is 1. The molecule has 0 aliphatic heterocycles. The third-order valence-corrected chi connectivity index (χ3v) is 8.98. The van der Waals surface area contributed by atoms with E-state index in [1.54, 1.807) is 54.8 Å². The average molecular weight is 707 g/mol. The minimum absolute atomic E-state index is 0.0266. The van der Waals surface area contributed by atoms with Crippen molar-refractivity contribution in [2.45, 2.75) is 18.2 Å². The van der Waals surface area contributed by atoms with E-state index in [9.17, 15) is 28.4 Å². The van der Waals surface area contributed by atoms with Crippen LogP contribution in [0, 0.1) is 5.82 Å². The lowest BCUT2D eigenvalue weighted by Gasteiger charge is -2.10. The number of hydrogen-bond donors (Lipinski definition) is 2. The van der Waals surface area contributed by atoms with Crippen LogP contribution in [-0.2, 0) is 20.4 Å². The van der Waals surface area contributed by atoms with Crippen molar-refractivity contribution < 1.29 is 42.6 Å². The Kier molecular flexibility index (Phi) is 11.5. The van der Waals surface area contributed by atoms with Crippen molar-refractivity contribution in [3.63, 3.8) is 0 Å². The summed E-state index contributed by atoms with van der Waals surface area (Å²) in [6, 6.07) is 21.2. The molecule has 51 heavy (non-hydrogen) atoms. The highest BCUT2D eigenvalue weighted by atomic mass is 32.2. The van der Waals surface area contributed by atoms with Crippen LogP contribution in [0.4, 0.5) is 4.39 Å². The summed E-state index contributed by atoms with van der Waals surface area (Å²) in [4.78, 5) is 26.4. The molecule has 0 fully saturated rings. The Morgan fingerprint density at radius 3 is 2.24 bits per heavy atom. The van der Waals surface area contributed by atoms with E-state index in [4.69, 9.17) is 14.2 Å². The van der Waals surface area contributed by atoms with Crippen molar-refractivity contribution in [3.8, 4) is 23.0 Å². The molecule has 0 amide bonds. The van der Waals surface area contributed by atoms with Gasteiger partial charge in [-0.05, 0) is 118 Å². The number of ether oxygens (including phenoxy) is 3. The Bertz CT molecular complexity index is 2170. The van der Waals surface area contributed by atoms with Crippen LogP contribution in [0.2, 0.25) is 0 Å². The molecule has 1 atom stereocenters. The van der Waals surface area contributed by atoms with Gasteiger partial charge in [0.25, 0.3) is 0 Å². The third-order valence-electron chi connectivity index (χ3n) is 8.05. The summed E-state index contributed by atoms with van der Waals surface area (Å²) in [7, 11) is 1.77. The fourth-order valence-corrected chi connectivity index (χ4v) is 6.00. The normalized spacial score (nSPS) is 14.3. The predicted molar refractivity (Wildman–Crippen MR) is 197 cm³/mol. The zero-order chi connectivity index (χ0) is 36.7. The second-order valence-corrected chi connectivity index (χ2v) is 12.9. The molecule has 5 rings (SSSR count). The van der Waals surface area contributed by atoms with Crippen molar-refractivity contribution in [3.05, 3.63) is 142 Å². The van der Waals surface area contributed by atoms with Crippen LogP contribution < -0.4 is 14.2 Å². The third kappa shape index (κ3) is 9.17. The van der Waals surface area contributed by atoms with Crippen LogP contribution in [0.3, 0.4) is 0 Å². The summed E-state index contributed by atoms with van der Waals surface area (Å²) >= 11 is 0. The fourth-order valence-electron chi connectivity index (χ4n) is 5.48. The van der Waals surface area contributed by atoms with Crippen LogP contribution in [-0.4, -0.2) is 46.6 Å². The van der Waals surface area contributed by atoms with Crippen molar-refractivity contribution >= 4 is 51.9 Å². The Labute approximate surface area is 297 Å². The molecule has 0 aromatic heterocycles. The van der Waals surface area contributed by atoms with E-state index in [2.05, 4.69) is 0 Å². The van der Waals surface area contributed by atoms with Gasteiger partial charge in [0.2, 0.25) is 0 Å². The maximum atomic E-state index is 14.4. The minimum atomic E-state index is -1.11. The highest BCUT2D eigenvalue weighted by Crippen LogP contribution is 2.44. The molecule has 0 saturated heterocycles. The Morgan fingerprint density at radius 2 is 1.53 bits per heavy atom. The molecule has 1 unspecified atom stereocenters. The van der Waals surface area contributed by atoms with Gasteiger partial charge < -0.3 is 24.4 Å². The molecule has 0 saturated carbocycles. The first kappa shape index (κ1) is 36.3. The van der Waals surface area contributed by atoms with Gasteiger partial charge in [-0.25, -0.2) is 4.39 Å². The topological polar surface area (TPSA) is 119 Å². The standard InChI is InChI=1S/C41H35FO8S/c1-25-36(19-26-7-13-34(14-8-26)51(4)47)35-15-10-29(42)21-38(35)37(25)24-41(46)50-33-18-28(17-32(23-33)48-2)6-12-31(44)22-30(43)11-5-27-9-16-39(45)40(20-27)49-3/h5-23,44-45H,24H2,1-4H3/b11-5+,12-6+,31-22?,36-19-. The van der Waals surface area contributed by atoms with Gasteiger partial charge in [-0.15, -0.1) is 0 Å². The zero-order valence-electron chi connectivity index (χ0n) is 28.3. The van der Waals surface area contributed by atoms with Crippen molar-refractivity contribution in [1.82, 2.24) is 0 Å². The number of esters is 1. The number of phenolic OH excluding ortho intramolecular Hbond substituents is 1. The maximum Gasteiger partial charge on any atom is 0.315 e. The lowest BCUT2D eigenvalue weighted by Crippen LogP contribution is -2.09. The van der Waals surface area contributed by atoms with Gasteiger partial charge in [-0.3, -0.25) is 13.8 Å². The minimum Gasteiger partial charge on any atom is -0.508 e. The van der Waals surface area contributed by atoms with E-state index in [1.807, 2.05) is 25.1 Å². The molecule has 10 heteroatoms. The largest absolute Gasteiger partial charge is 0.508 e. The van der Waals surface area contributed by atoms with Crippen LogP contribution in [0.25, 0.3) is 29.4 Å². The number of phenols is 1. The molecule has 4 aromatic carbocycles.